The highest BCUT2D eigenvalue weighted by molar-refractivity contribution is 7.80. The molecule has 0 aliphatic carbocycles. The minimum absolute atomic E-state index is 0.0821. The summed E-state index contributed by atoms with van der Waals surface area (Å²) in [7, 11) is 0. The number of unbranched alkanes of at least 4 members (excludes halogenated alkanes) is 3. The van der Waals surface area contributed by atoms with E-state index in [1.54, 1.807) is 0 Å². The molecule has 230 valence electrons. The molecular weight excluding hydrogens is 623 g/mol. The molecular formula is C16H13F21S. The summed E-state index contributed by atoms with van der Waals surface area (Å²) in [6.07, 6.45) is -12.3. The van der Waals surface area contributed by atoms with Crippen molar-refractivity contribution >= 4 is 12.6 Å². The van der Waals surface area contributed by atoms with E-state index in [1.807, 2.05) is 0 Å². The van der Waals surface area contributed by atoms with Crippen LogP contribution in [0.4, 0.5) is 92.2 Å². The minimum Gasteiger partial charge on any atom is -0.200 e. The van der Waals surface area contributed by atoms with Crippen molar-refractivity contribution in [2.24, 2.45) is 0 Å². The second kappa shape index (κ2) is 10.4. The molecule has 0 spiro atoms. The van der Waals surface area contributed by atoms with E-state index >= 15 is 0 Å². The molecule has 0 nitrogen and oxygen atoms in total. The lowest BCUT2D eigenvalue weighted by molar-refractivity contribution is -0.474. The first kappa shape index (κ1) is 36.9. The zero-order valence-corrected chi connectivity index (χ0v) is 18.5. The summed E-state index contributed by atoms with van der Waals surface area (Å²) in [6.45, 7) is 0. The van der Waals surface area contributed by atoms with Crippen LogP contribution in [-0.2, 0) is 0 Å². The number of hydrogen-bond acceptors (Lipinski definition) is 1. The first-order valence-electron chi connectivity index (χ1n) is 9.39. The van der Waals surface area contributed by atoms with Gasteiger partial charge in [0.2, 0.25) is 0 Å². The Labute approximate surface area is 203 Å². The lowest BCUT2D eigenvalue weighted by atomic mass is 9.85. The van der Waals surface area contributed by atoms with Crippen LogP contribution in [0.2, 0.25) is 0 Å². The van der Waals surface area contributed by atoms with E-state index in [0.717, 1.165) is 0 Å². The molecule has 0 radical (unpaired) electrons. The molecule has 0 aliphatic rings. The first-order valence-corrected chi connectivity index (χ1v) is 10.0. The molecule has 0 atom stereocenters. The molecule has 0 aromatic carbocycles. The van der Waals surface area contributed by atoms with Crippen molar-refractivity contribution in [2.75, 3.05) is 5.75 Å². The number of hydrogen-bond donors (Lipinski definition) is 1. The van der Waals surface area contributed by atoms with Crippen LogP contribution in [0, 0.1) is 0 Å². The summed E-state index contributed by atoms with van der Waals surface area (Å²) in [4.78, 5) is 0. The van der Waals surface area contributed by atoms with Crippen molar-refractivity contribution in [3.8, 4) is 0 Å². The number of alkyl halides is 21. The fourth-order valence-corrected chi connectivity index (χ4v) is 2.78. The second-order valence-electron chi connectivity index (χ2n) is 7.69. The zero-order valence-electron chi connectivity index (χ0n) is 17.6. The van der Waals surface area contributed by atoms with Gasteiger partial charge >= 0.3 is 59.5 Å². The summed E-state index contributed by atoms with van der Waals surface area (Å²) in [5.74, 6) is -76.2. The second-order valence-corrected chi connectivity index (χ2v) is 8.13. The molecule has 0 bridgehead atoms. The smallest absolute Gasteiger partial charge is 0.200 e. The third kappa shape index (κ3) is 5.18. The predicted octanol–water partition coefficient (Wildman–Crippen LogP) is 9.15. The van der Waals surface area contributed by atoms with Crippen molar-refractivity contribution in [3.05, 3.63) is 0 Å². The van der Waals surface area contributed by atoms with Crippen LogP contribution in [0.25, 0.3) is 0 Å². The molecule has 0 saturated carbocycles. The van der Waals surface area contributed by atoms with Gasteiger partial charge in [-0.2, -0.15) is 105 Å². The summed E-state index contributed by atoms with van der Waals surface area (Å²) in [6, 6.07) is 0. The monoisotopic (exact) mass is 636 g/mol. The van der Waals surface area contributed by atoms with Gasteiger partial charge in [-0.25, -0.2) is 0 Å². The molecule has 0 saturated heterocycles. The number of halogens is 21. The predicted molar refractivity (Wildman–Crippen MR) is 87.5 cm³/mol. The fourth-order valence-electron chi connectivity index (χ4n) is 2.56. The van der Waals surface area contributed by atoms with Crippen LogP contribution in [0.3, 0.4) is 0 Å². The normalized spacial score (nSPS) is 16.3. The van der Waals surface area contributed by atoms with Crippen molar-refractivity contribution < 1.29 is 92.2 Å². The van der Waals surface area contributed by atoms with Crippen LogP contribution in [0.5, 0.6) is 0 Å². The van der Waals surface area contributed by atoms with Crippen LogP contribution in [0.1, 0.15) is 32.1 Å². The molecule has 0 heterocycles. The van der Waals surface area contributed by atoms with Crippen molar-refractivity contribution in [3.63, 3.8) is 0 Å². The first-order chi connectivity index (χ1) is 16.3. The highest BCUT2D eigenvalue weighted by atomic mass is 32.1. The highest BCUT2D eigenvalue weighted by Gasteiger charge is 2.97. The van der Waals surface area contributed by atoms with E-state index in [4.69, 9.17) is 0 Å². The molecule has 38 heavy (non-hydrogen) atoms. The van der Waals surface area contributed by atoms with Gasteiger partial charge in [0.05, 0.1) is 0 Å². The Kier molecular flexibility index (Phi) is 10.1. The quantitative estimate of drug-likeness (QED) is 0.110. The molecule has 0 aromatic rings. The number of rotatable bonds is 14. The molecule has 0 aliphatic heterocycles. The van der Waals surface area contributed by atoms with E-state index in [2.05, 4.69) is 12.6 Å². The molecule has 0 aromatic heterocycles. The Morgan fingerprint density at radius 2 is 0.579 bits per heavy atom. The lowest BCUT2D eigenvalue weighted by Crippen LogP contribution is -2.76. The van der Waals surface area contributed by atoms with E-state index in [-0.39, 0.29) is 18.6 Å². The van der Waals surface area contributed by atoms with Gasteiger partial charge in [0.15, 0.2) is 0 Å². The maximum atomic E-state index is 13.7. The summed E-state index contributed by atoms with van der Waals surface area (Å²) in [5.41, 5.74) is 0. The lowest BCUT2D eigenvalue weighted by Gasteiger charge is -2.44. The molecule has 0 amide bonds. The average Bonchev–Trinajstić information content (AvgIpc) is 2.71. The molecule has 0 N–H and O–H groups in total. The van der Waals surface area contributed by atoms with Gasteiger partial charge in [0.1, 0.15) is 0 Å². The van der Waals surface area contributed by atoms with Gasteiger partial charge in [-0.15, -0.1) is 0 Å². The molecule has 22 heteroatoms. The number of thiol groups is 1. The third-order valence-electron chi connectivity index (χ3n) is 4.97. The van der Waals surface area contributed by atoms with Gasteiger partial charge in [0.25, 0.3) is 0 Å². The van der Waals surface area contributed by atoms with E-state index < -0.39 is 78.7 Å². The maximum absolute atomic E-state index is 13.7. The topological polar surface area (TPSA) is 0 Å². The summed E-state index contributed by atoms with van der Waals surface area (Å²) < 4.78 is 278. The standard InChI is InChI=1S/C16H13F21S/c17-7(18,5-3-1-2-4-6-38)8(19,20)9(21,22)10(23,24)11(25,26)12(27,28)13(29,30)14(31,32)15(33,34)16(35,36)37/h38H,1-6H2. The Bertz CT molecular complexity index is 796. The Balaban J connectivity index is 6.70. The Morgan fingerprint density at radius 1 is 0.316 bits per heavy atom. The highest BCUT2D eigenvalue weighted by Crippen LogP contribution is 2.66. The van der Waals surface area contributed by atoms with Gasteiger partial charge in [-0.05, 0) is 18.6 Å². The SMILES string of the molecule is FC(F)(F)C(F)(F)C(F)(F)C(F)(F)C(F)(F)C(F)(F)C(F)(F)C(F)(F)C(F)(F)C(F)(F)CCCCCCS. The average molecular weight is 636 g/mol. The summed E-state index contributed by atoms with van der Waals surface area (Å²) in [5, 5.41) is 0. The molecule has 0 rings (SSSR count). The van der Waals surface area contributed by atoms with Crippen molar-refractivity contribution in [2.45, 2.75) is 91.6 Å². The Hall–Kier alpha value is -1.12. The van der Waals surface area contributed by atoms with Gasteiger partial charge in [0, 0.05) is 6.42 Å². The van der Waals surface area contributed by atoms with E-state index in [1.165, 1.54) is 0 Å². The molecule has 0 fully saturated rings. The van der Waals surface area contributed by atoms with E-state index in [0.29, 0.717) is 0 Å². The minimum atomic E-state index is -9.14. The van der Waals surface area contributed by atoms with Crippen LogP contribution < -0.4 is 0 Å². The van der Waals surface area contributed by atoms with Crippen LogP contribution in [0.15, 0.2) is 0 Å². The largest absolute Gasteiger partial charge is 0.460 e. The molecule has 0 unspecified atom stereocenters. The summed E-state index contributed by atoms with van der Waals surface area (Å²) >= 11 is 3.63. The van der Waals surface area contributed by atoms with E-state index in [9.17, 15) is 92.2 Å². The Morgan fingerprint density at radius 3 is 0.868 bits per heavy atom. The van der Waals surface area contributed by atoms with Crippen molar-refractivity contribution in [1.82, 2.24) is 0 Å². The zero-order chi connectivity index (χ0) is 31.2. The van der Waals surface area contributed by atoms with Crippen molar-refractivity contribution in [1.29, 1.82) is 0 Å². The fraction of sp³-hybridized carbons (Fsp3) is 1.00. The van der Waals surface area contributed by atoms with Gasteiger partial charge in [-0.1, -0.05) is 12.8 Å². The maximum Gasteiger partial charge on any atom is 0.460 e. The third-order valence-corrected chi connectivity index (χ3v) is 5.29. The van der Waals surface area contributed by atoms with Gasteiger partial charge < -0.3 is 0 Å². The van der Waals surface area contributed by atoms with Gasteiger partial charge in [-0.3, -0.25) is 0 Å². The van der Waals surface area contributed by atoms with Crippen LogP contribution in [-0.4, -0.2) is 65.2 Å². The van der Waals surface area contributed by atoms with Crippen LogP contribution >= 0.6 is 12.6 Å².